The Labute approximate surface area is 146 Å². The molecule has 2 aliphatic carbocycles. The van der Waals surface area contributed by atoms with Crippen LogP contribution < -0.4 is 5.73 Å². The molecule has 1 aromatic carbocycles. The van der Waals surface area contributed by atoms with E-state index in [0.717, 1.165) is 12.5 Å². The van der Waals surface area contributed by atoms with Gasteiger partial charge in [0.05, 0.1) is 0 Å². The Kier molecular flexibility index (Phi) is 5.14. The predicted molar refractivity (Wildman–Crippen MR) is 101 cm³/mol. The molecule has 0 amide bonds. The SMILES string of the molecule is Br.CC(C)c1ccc2c(c1)CC[C@H]1[C@](C)(CN)CCC[C@]21C. The zero-order valence-corrected chi connectivity index (χ0v) is 16.3. The van der Waals surface area contributed by atoms with Crippen molar-refractivity contribution in [3.05, 3.63) is 34.9 Å². The zero-order chi connectivity index (χ0) is 15.3. The van der Waals surface area contributed by atoms with Crippen molar-refractivity contribution < 1.29 is 0 Å². The molecule has 1 fully saturated rings. The van der Waals surface area contributed by atoms with Crippen LogP contribution in [0, 0.1) is 11.3 Å². The van der Waals surface area contributed by atoms with Crippen LogP contribution in [0.3, 0.4) is 0 Å². The Balaban J connectivity index is 0.00000176. The monoisotopic (exact) mass is 365 g/mol. The van der Waals surface area contributed by atoms with Gasteiger partial charge in [-0.2, -0.15) is 0 Å². The van der Waals surface area contributed by atoms with Crippen molar-refractivity contribution in [2.75, 3.05) is 6.54 Å². The minimum absolute atomic E-state index is 0. The minimum Gasteiger partial charge on any atom is -0.330 e. The molecule has 0 aliphatic heterocycles. The molecular formula is C20H32BrN. The normalized spacial score (nSPS) is 33.8. The summed E-state index contributed by atoms with van der Waals surface area (Å²) >= 11 is 0. The maximum atomic E-state index is 6.19. The Morgan fingerprint density at radius 2 is 1.95 bits per heavy atom. The molecule has 3 atom stereocenters. The molecule has 0 saturated heterocycles. The maximum Gasteiger partial charge on any atom is -0.00202 e. The third-order valence-corrected chi connectivity index (χ3v) is 6.63. The number of nitrogens with two attached hydrogens (primary N) is 1. The molecule has 0 unspecified atom stereocenters. The predicted octanol–water partition coefficient (Wildman–Crippen LogP) is 5.36. The van der Waals surface area contributed by atoms with Gasteiger partial charge in [-0.3, -0.25) is 0 Å². The Hall–Kier alpha value is -0.340. The molecule has 0 aromatic heterocycles. The molecule has 1 nitrogen and oxygen atoms in total. The molecule has 3 rings (SSSR count). The molecular weight excluding hydrogens is 334 g/mol. The van der Waals surface area contributed by atoms with Gasteiger partial charge in [0.25, 0.3) is 0 Å². The van der Waals surface area contributed by atoms with Gasteiger partial charge in [-0.15, -0.1) is 17.0 Å². The lowest BCUT2D eigenvalue weighted by atomic mass is 9.50. The fourth-order valence-corrected chi connectivity index (χ4v) is 5.25. The van der Waals surface area contributed by atoms with Crippen LogP contribution in [0.1, 0.15) is 76.0 Å². The summed E-state index contributed by atoms with van der Waals surface area (Å²) in [5.74, 6) is 1.38. The minimum atomic E-state index is 0. The van der Waals surface area contributed by atoms with E-state index in [2.05, 4.69) is 45.9 Å². The molecule has 0 radical (unpaired) electrons. The number of rotatable bonds is 2. The summed E-state index contributed by atoms with van der Waals surface area (Å²) in [6.07, 6.45) is 6.53. The summed E-state index contributed by atoms with van der Waals surface area (Å²) in [6, 6.07) is 7.29. The summed E-state index contributed by atoms with van der Waals surface area (Å²) in [5, 5.41) is 0. The van der Waals surface area contributed by atoms with E-state index in [-0.39, 0.29) is 17.0 Å². The van der Waals surface area contributed by atoms with Crippen molar-refractivity contribution in [2.24, 2.45) is 17.1 Å². The van der Waals surface area contributed by atoms with Crippen LogP contribution in [-0.4, -0.2) is 6.54 Å². The van der Waals surface area contributed by atoms with Gasteiger partial charge in [-0.25, -0.2) is 0 Å². The second kappa shape index (κ2) is 6.28. The van der Waals surface area contributed by atoms with E-state index in [1.165, 1.54) is 37.7 Å². The molecule has 1 saturated carbocycles. The topological polar surface area (TPSA) is 26.0 Å². The highest BCUT2D eigenvalue weighted by molar-refractivity contribution is 8.93. The highest BCUT2D eigenvalue weighted by Crippen LogP contribution is 2.56. The van der Waals surface area contributed by atoms with Gasteiger partial charge in [-0.1, -0.05) is 52.3 Å². The average Bonchev–Trinajstić information content (AvgIpc) is 2.46. The Bertz CT molecular complexity index is 539. The second-order valence-corrected chi connectivity index (χ2v) is 8.29. The van der Waals surface area contributed by atoms with Gasteiger partial charge in [0.1, 0.15) is 0 Å². The van der Waals surface area contributed by atoms with Crippen LogP contribution >= 0.6 is 17.0 Å². The summed E-state index contributed by atoms with van der Waals surface area (Å²) in [6.45, 7) is 10.4. The van der Waals surface area contributed by atoms with E-state index in [9.17, 15) is 0 Å². The number of benzene rings is 1. The average molecular weight is 366 g/mol. The smallest absolute Gasteiger partial charge is 0.00202 e. The highest BCUT2D eigenvalue weighted by Gasteiger charge is 2.50. The van der Waals surface area contributed by atoms with Crippen LogP contribution in [0.4, 0.5) is 0 Å². The standard InChI is InChI=1S/C20H31N.BrH/c1-14(2)15-6-8-17-16(12-15)7-9-18-19(3,13-21)10-5-11-20(17,18)4;/h6,8,12,14,18H,5,7,9-11,13,21H2,1-4H3;1H/t18-,19-,20+;/m0./s1. The highest BCUT2D eigenvalue weighted by atomic mass is 79.9. The summed E-state index contributed by atoms with van der Waals surface area (Å²) in [4.78, 5) is 0. The molecule has 124 valence electrons. The van der Waals surface area contributed by atoms with Crippen molar-refractivity contribution in [1.82, 2.24) is 0 Å². The quantitative estimate of drug-likeness (QED) is 0.749. The number of hydrogen-bond acceptors (Lipinski definition) is 1. The van der Waals surface area contributed by atoms with Crippen LogP contribution in [-0.2, 0) is 11.8 Å². The second-order valence-electron chi connectivity index (χ2n) is 8.29. The lowest BCUT2D eigenvalue weighted by Gasteiger charge is -2.55. The lowest BCUT2D eigenvalue weighted by Crippen LogP contribution is -2.51. The molecule has 2 N–H and O–H groups in total. The van der Waals surface area contributed by atoms with Gasteiger partial charge in [0, 0.05) is 0 Å². The number of fused-ring (bicyclic) bond motifs is 3. The first-order chi connectivity index (χ1) is 9.90. The van der Waals surface area contributed by atoms with Crippen molar-refractivity contribution in [2.45, 2.75) is 71.1 Å². The molecule has 0 heterocycles. The van der Waals surface area contributed by atoms with E-state index >= 15 is 0 Å². The Morgan fingerprint density at radius 1 is 1.23 bits per heavy atom. The molecule has 0 bridgehead atoms. The number of hydrogen-bond donors (Lipinski definition) is 1. The van der Waals surface area contributed by atoms with Gasteiger partial charge >= 0.3 is 0 Å². The van der Waals surface area contributed by atoms with Crippen LogP contribution in [0.2, 0.25) is 0 Å². The first kappa shape index (κ1) is 18.0. The fraction of sp³-hybridized carbons (Fsp3) is 0.700. The third-order valence-electron chi connectivity index (χ3n) is 6.63. The van der Waals surface area contributed by atoms with E-state index in [1.807, 2.05) is 0 Å². The van der Waals surface area contributed by atoms with Crippen molar-refractivity contribution in [1.29, 1.82) is 0 Å². The van der Waals surface area contributed by atoms with E-state index < -0.39 is 0 Å². The van der Waals surface area contributed by atoms with E-state index in [0.29, 0.717) is 16.7 Å². The van der Waals surface area contributed by atoms with E-state index in [4.69, 9.17) is 5.73 Å². The van der Waals surface area contributed by atoms with Gasteiger partial charge in [-0.05, 0) is 71.6 Å². The zero-order valence-electron chi connectivity index (χ0n) is 14.6. The first-order valence-electron chi connectivity index (χ1n) is 8.74. The maximum absolute atomic E-state index is 6.19. The van der Waals surface area contributed by atoms with Crippen molar-refractivity contribution >= 4 is 17.0 Å². The summed E-state index contributed by atoms with van der Waals surface area (Å²) in [7, 11) is 0. The van der Waals surface area contributed by atoms with Gasteiger partial charge < -0.3 is 5.73 Å². The van der Waals surface area contributed by atoms with Crippen LogP contribution in [0.25, 0.3) is 0 Å². The Morgan fingerprint density at radius 3 is 2.59 bits per heavy atom. The number of halogens is 1. The van der Waals surface area contributed by atoms with Crippen LogP contribution in [0.5, 0.6) is 0 Å². The summed E-state index contributed by atoms with van der Waals surface area (Å²) in [5.41, 5.74) is 11.6. The van der Waals surface area contributed by atoms with Gasteiger partial charge in [0.2, 0.25) is 0 Å². The van der Waals surface area contributed by atoms with Gasteiger partial charge in [0.15, 0.2) is 0 Å². The molecule has 1 aromatic rings. The molecule has 0 spiro atoms. The van der Waals surface area contributed by atoms with Crippen molar-refractivity contribution in [3.63, 3.8) is 0 Å². The summed E-state index contributed by atoms with van der Waals surface area (Å²) < 4.78 is 0. The van der Waals surface area contributed by atoms with Crippen molar-refractivity contribution in [3.8, 4) is 0 Å². The third kappa shape index (κ3) is 2.67. The van der Waals surface area contributed by atoms with Crippen LogP contribution in [0.15, 0.2) is 18.2 Å². The number of aryl methyl sites for hydroxylation is 1. The fourth-order valence-electron chi connectivity index (χ4n) is 5.25. The largest absolute Gasteiger partial charge is 0.330 e. The molecule has 2 aliphatic rings. The van der Waals surface area contributed by atoms with E-state index in [1.54, 1.807) is 11.1 Å². The lowest BCUT2D eigenvalue weighted by molar-refractivity contribution is 0.0326. The molecule has 2 heteroatoms. The first-order valence-corrected chi connectivity index (χ1v) is 8.74. The molecule has 22 heavy (non-hydrogen) atoms.